The average molecular weight is 389 g/mol. The Bertz CT molecular complexity index is 739. The van der Waals surface area contributed by atoms with E-state index in [2.05, 4.69) is 5.10 Å². The molecule has 0 unspecified atom stereocenters. The third-order valence-electron chi connectivity index (χ3n) is 3.64. The van der Waals surface area contributed by atoms with Gasteiger partial charge >= 0.3 is 6.18 Å². The van der Waals surface area contributed by atoms with E-state index in [0.717, 1.165) is 9.21 Å². The minimum Gasteiger partial charge on any atom is -0.340 e. The molecule has 1 aliphatic rings. The lowest BCUT2D eigenvalue weighted by Gasteiger charge is -2.34. The molecule has 0 bridgehead atoms. The average Bonchev–Trinajstić information content (AvgIpc) is 2.70. The number of nitrogens with zero attached hydrogens (tertiary/aromatic N) is 4. The van der Waals surface area contributed by atoms with Crippen LogP contribution in [0.3, 0.4) is 0 Å². The highest BCUT2D eigenvalue weighted by Gasteiger charge is 2.37. The SMILES string of the molecule is Cc1nn(C)c(Cl)c1S(=O)(=O)N1CCN(C(=O)CC(F)(F)F)CC1. The number of hydrogen-bond donors (Lipinski definition) is 0. The molecule has 136 valence electrons. The Hall–Kier alpha value is -1.33. The van der Waals surface area contributed by atoms with Crippen molar-refractivity contribution in [1.29, 1.82) is 0 Å². The molecule has 1 saturated heterocycles. The molecule has 2 heterocycles. The smallest absolute Gasteiger partial charge is 0.340 e. The van der Waals surface area contributed by atoms with Crippen molar-refractivity contribution in [3.63, 3.8) is 0 Å². The Labute approximate surface area is 142 Å². The maximum Gasteiger partial charge on any atom is 0.397 e. The highest BCUT2D eigenvalue weighted by molar-refractivity contribution is 7.89. The first-order valence-corrected chi connectivity index (χ1v) is 8.79. The van der Waals surface area contributed by atoms with Gasteiger partial charge in [0.25, 0.3) is 0 Å². The molecule has 0 aromatic carbocycles. The lowest BCUT2D eigenvalue weighted by Crippen LogP contribution is -2.51. The molecular weight excluding hydrogens is 373 g/mol. The first kappa shape index (κ1) is 19.0. The minimum absolute atomic E-state index is 0.0388. The van der Waals surface area contributed by atoms with Crippen LogP contribution in [-0.2, 0) is 21.9 Å². The Morgan fingerprint density at radius 1 is 1.25 bits per heavy atom. The van der Waals surface area contributed by atoms with E-state index in [9.17, 15) is 26.4 Å². The zero-order chi connectivity index (χ0) is 18.3. The summed E-state index contributed by atoms with van der Waals surface area (Å²) in [4.78, 5) is 12.4. The monoisotopic (exact) mass is 388 g/mol. The number of carbonyl (C=O) groups is 1. The molecule has 12 heteroatoms. The Morgan fingerprint density at radius 3 is 2.21 bits per heavy atom. The quantitative estimate of drug-likeness (QED) is 0.779. The summed E-state index contributed by atoms with van der Waals surface area (Å²) in [6, 6.07) is 0. The first-order valence-electron chi connectivity index (χ1n) is 6.97. The summed E-state index contributed by atoms with van der Waals surface area (Å²) in [6.45, 7) is 1.09. The van der Waals surface area contributed by atoms with E-state index < -0.39 is 28.5 Å². The largest absolute Gasteiger partial charge is 0.397 e. The van der Waals surface area contributed by atoms with Gasteiger partial charge in [-0.2, -0.15) is 22.6 Å². The predicted molar refractivity (Wildman–Crippen MR) is 79.0 cm³/mol. The molecule has 0 spiro atoms. The Morgan fingerprint density at radius 2 is 1.79 bits per heavy atom. The molecule has 1 fully saturated rings. The van der Waals surface area contributed by atoms with Gasteiger partial charge in [-0.15, -0.1) is 0 Å². The molecule has 0 saturated carbocycles. The highest BCUT2D eigenvalue weighted by Crippen LogP contribution is 2.28. The first-order chi connectivity index (χ1) is 10.9. The Kier molecular flexibility index (Phi) is 5.17. The molecular formula is C12H16ClF3N4O3S. The van der Waals surface area contributed by atoms with E-state index in [1.54, 1.807) is 0 Å². The van der Waals surface area contributed by atoms with Gasteiger partial charge in [0.2, 0.25) is 15.9 Å². The molecule has 1 aromatic rings. The lowest BCUT2D eigenvalue weighted by atomic mass is 10.3. The van der Waals surface area contributed by atoms with Crippen LogP contribution < -0.4 is 0 Å². The fourth-order valence-electron chi connectivity index (χ4n) is 2.49. The number of amides is 1. The highest BCUT2D eigenvalue weighted by atomic mass is 35.5. The third kappa shape index (κ3) is 3.83. The summed E-state index contributed by atoms with van der Waals surface area (Å²) in [5.74, 6) is -1.06. The van der Waals surface area contributed by atoms with E-state index in [0.29, 0.717) is 0 Å². The number of hydrogen-bond acceptors (Lipinski definition) is 4. The molecule has 7 nitrogen and oxygen atoms in total. The van der Waals surface area contributed by atoms with Crippen molar-refractivity contribution >= 4 is 27.5 Å². The van der Waals surface area contributed by atoms with Crippen LogP contribution in [0.1, 0.15) is 12.1 Å². The topological polar surface area (TPSA) is 75.5 Å². The van der Waals surface area contributed by atoms with E-state index in [1.165, 1.54) is 18.7 Å². The summed E-state index contributed by atoms with van der Waals surface area (Å²) >= 11 is 5.97. The molecule has 1 aromatic heterocycles. The second-order valence-corrected chi connectivity index (χ2v) is 7.64. The summed E-state index contributed by atoms with van der Waals surface area (Å²) in [6.07, 6.45) is -6.13. The minimum atomic E-state index is -4.58. The summed E-state index contributed by atoms with van der Waals surface area (Å²) < 4.78 is 64.4. The van der Waals surface area contributed by atoms with Crippen LogP contribution in [0.4, 0.5) is 13.2 Å². The zero-order valence-electron chi connectivity index (χ0n) is 13.0. The zero-order valence-corrected chi connectivity index (χ0v) is 14.5. The number of alkyl halides is 3. The molecule has 24 heavy (non-hydrogen) atoms. The van der Waals surface area contributed by atoms with Gasteiger partial charge in [0.05, 0.1) is 5.69 Å². The molecule has 0 radical (unpaired) electrons. The van der Waals surface area contributed by atoms with Gasteiger partial charge in [-0.1, -0.05) is 11.6 Å². The molecule has 0 atom stereocenters. The normalized spacial score (nSPS) is 17.3. The maximum atomic E-state index is 12.7. The summed E-state index contributed by atoms with van der Waals surface area (Å²) in [5.41, 5.74) is 0.234. The molecule has 2 rings (SSSR count). The van der Waals surface area contributed by atoms with Crippen LogP contribution in [0.15, 0.2) is 4.90 Å². The van der Waals surface area contributed by atoms with E-state index in [-0.39, 0.29) is 41.9 Å². The Balaban J connectivity index is 2.10. The van der Waals surface area contributed by atoms with Crippen molar-refractivity contribution in [2.45, 2.75) is 24.4 Å². The number of sulfonamides is 1. The lowest BCUT2D eigenvalue weighted by molar-refractivity contribution is -0.162. The van der Waals surface area contributed by atoms with Crippen molar-refractivity contribution in [3.8, 4) is 0 Å². The predicted octanol–water partition coefficient (Wildman–Crippen LogP) is 1.17. The van der Waals surface area contributed by atoms with Gasteiger partial charge in [-0.3, -0.25) is 9.48 Å². The van der Waals surface area contributed by atoms with Gasteiger partial charge in [-0.05, 0) is 6.92 Å². The third-order valence-corrected chi connectivity index (χ3v) is 6.24. The van der Waals surface area contributed by atoms with Gasteiger partial charge in [0, 0.05) is 33.2 Å². The van der Waals surface area contributed by atoms with Crippen LogP contribution in [0, 0.1) is 6.92 Å². The fraction of sp³-hybridized carbons (Fsp3) is 0.667. The van der Waals surface area contributed by atoms with Crippen LogP contribution >= 0.6 is 11.6 Å². The van der Waals surface area contributed by atoms with Crippen LogP contribution in [-0.4, -0.2) is 65.7 Å². The second kappa shape index (κ2) is 6.52. The van der Waals surface area contributed by atoms with Crippen molar-refractivity contribution in [2.24, 2.45) is 7.05 Å². The summed E-state index contributed by atoms with van der Waals surface area (Å²) in [5, 5.41) is 3.91. The van der Waals surface area contributed by atoms with Crippen LogP contribution in [0.5, 0.6) is 0 Å². The van der Waals surface area contributed by atoms with Gasteiger partial charge in [0.15, 0.2) is 0 Å². The molecule has 1 amide bonds. The second-order valence-electron chi connectivity index (χ2n) is 5.41. The van der Waals surface area contributed by atoms with Crippen molar-refractivity contribution in [2.75, 3.05) is 26.2 Å². The van der Waals surface area contributed by atoms with E-state index in [1.807, 2.05) is 0 Å². The van der Waals surface area contributed by atoms with Crippen molar-refractivity contribution < 1.29 is 26.4 Å². The van der Waals surface area contributed by atoms with E-state index >= 15 is 0 Å². The summed E-state index contributed by atoms with van der Waals surface area (Å²) in [7, 11) is -2.43. The number of carbonyl (C=O) groups excluding carboxylic acids is 1. The van der Waals surface area contributed by atoms with E-state index in [4.69, 9.17) is 11.6 Å². The number of piperazine rings is 1. The maximum absolute atomic E-state index is 12.7. The van der Waals surface area contributed by atoms with Crippen LogP contribution in [0.2, 0.25) is 5.15 Å². The van der Waals surface area contributed by atoms with Crippen LogP contribution in [0.25, 0.3) is 0 Å². The van der Waals surface area contributed by atoms with Gasteiger partial charge in [-0.25, -0.2) is 8.42 Å². The molecule has 1 aliphatic heterocycles. The van der Waals surface area contributed by atoms with Gasteiger partial charge < -0.3 is 4.90 Å². The standard InChI is InChI=1S/C12H16ClF3N4O3S/c1-8-10(11(13)18(2)17-8)24(22,23)20-5-3-19(4-6-20)9(21)7-12(14,15)16/h3-7H2,1-2H3. The number of halogens is 4. The number of aryl methyl sites for hydroxylation is 2. The van der Waals surface area contributed by atoms with Gasteiger partial charge in [0.1, 0.15) is 16.5 Å². The van der Waals surface area contributed by atoms with Crippen molar-refractivity contribution in [1.82, 2.24) is 19.0 Å². The molecule has 0 aliphatic carbocycles. The fourth-order valence-corrected chi connectivity index (χ4v) is 4.62. The molecule has 0 N–H and O–H groups in total. The number of aromatic nitrogens is 2. The number of rotatable bonds is 3. The van der Waals surface area contributed by atoms with Crippen molar-refractivity contribution in [3.05, 3.63) is 10.8 Å².